The molecule has 28 heavy (non-hydrogen) atoms. The van der Waals surface area contributed by atoms with Gasteiger partial charge in [0.15, 0.2) is 0 Å². The molecule has 1 aromatic carbocycles. The Balaban J connectivity index is 1.94. The van der Waals surface area contributed by atoms with E-state index in [9.17, 15) is 26.4 Å². The van der Waals surface area contributed by atoms with Gasteiger partial charge in [-0.3, -0.25) is 9.69 Å². The van der Waals surface area contributed by atoms with Crippen LogP contribution in [0.3, 0.4) is 0 Å². The van der Waals surface area contributed by atoms with Gasteiger partial charge in [-0.2, -0.15) is 17.5 Å². The Bertz CT molecular complexity index is 772. The molecule has 0 bridgehead atoms. The van der Waals surface area contributed by atoms with E-state index in [1.807, 2.05) is 25.7 Å². The van der Waals surface area contributed by atoms with Crippen molar-refractivity contribution in [3.8, 4) is 0 Å². The SMILES string of the molecule is CC(C)[C@@H](C)NC(=O)CN1CCN(S(=O)(=O)c2ccc(C(F)(F)F)cc2)CC1. The van der Waals surface area contributed by atoms with Crippen molar-refractivity contribution in [1.82, 2.24) is 14.5 Å². The van der Waals surface area contributed by atoms with Gasteiger partial charge in [0.25, 0.3) is 0 Å². The third-order valence-corrected chi connectivity index (χ3v) is 6.82. The minimum absolute atomic E-state index is 0.0498. The molecule has 2 rings (SSSR count). The second-order valence-corrected chi connectivity index (χ2v) is 9.24. The summed E-state index contributed by atoms with van der Waals surface area (Å²) in [4.78, 5) is 13.8. The number of carbonyl (C=O) groups is 1. The number of benzene rings is 1. The third-order valence-electron chi connectivity index (χ3n) is 4.91. The van der Waals surface area contributed by atoms with E-state index in [0.29, 0.717) is 19.0 Å². The number of nitrogens with one attached hydrogen (secondary N) is 1. The predicted molar refractivity (Wildman–Crippen MR) is 99.1 cm³/mol. The lowest BCUT2D eigenvalue weighted by atomic mass is 10.1. The first-order chi connectivity index (χ1) is 12.9. The largest absolute Gasteiger partial charge is 0.416 e. The summed E-state index contributed by atoms with van der Waals surface area (Å²) in [6.45, 7) is 7.24. The summed E-state index contributed by atoms with van der Waals surface area (Å²) in [5.74, 6) is 0.204. The monoisotopic (exact) mass is 421 g/mol. The van der Waals surface area contributed by atoms with E-state index in [4.69, 9.17) is 0 Å². The van der Waals surface area contributed by atoms with E-state index >= 15 is 0 Å². The van der Waals surface area contributed by atoms with E-state index in [2.05, 4.69) is 5.32 Å². The fourth-order valence-corrected chi connectivity index (χ4v) is 4.18. The number of amides is 1. The summed E-state index contributed by atoms with van der Waals surface area (Å²) in [6, 6.07) is 3.54. The number of halogens is 3. The van der Waals surface area contributed by atoms with Gasteiger partial charge >= 0.3 is 6.18 Å². The highest BCUT2D eigenvalue weighted by Crippen LogP contribution is 2.30. The number of alkyl halides is 3. The number of carbonyl (C=O) groups excluding carboxylic acids is 1. The maximum absolute atomic E-state index is 12.6. The first-order valence-corrected chi connectivity index (χ1v) is 10.5. The van der Waals surface area contributed by atoms with Gasteiger partial charge in [0.05, 0.1) is 17.0 Å². The molecule has 10 heteroatoms. The van der Waals surface area contributed by atoms with E-state index in [1.165, 1.54) is 4.31 Å². The van der Waals surface area contributed by atoms with Crippen molar-refractivity contribution in [3.63, 3.8) is 0 Å². The van der Waals surface area contributed by atoms with E-state index < -0.39 is 21.8 Å². The van der Waals surface area contributed by atoms with Crippen LogP contribution in [-0.4, -0.2) is 62.3 Å². The van der Waals surface area contributed by atoms with Crippen molar-refractivity contribution in [1.29, 1.82) is 0 Å². The van der Waals surface area contributed by atoms with Crippen molar-refractivity contribution >= 4 is 15.9 Å². The second kappa shape index (κ2) is 8.79. The normalized spacial score (nSPS) is 18.2. The summed E-state index contributed by atoms with van der Waals surface area (Å²) in [6.07, 6.45) is -4.51. The fraction of sp³-hybridized carbons (Fsp3) is 0.611. The first-order valence-electron chi connectivity index (χ1n) is 9.10. The van der Waals surface area contributed by atoms with Crippen LogP contribution in [0, 0.1) is 5.92 Å². The Labute approximate surface area is 163 Å². The summed E-state index contributed by atoms with van der Waals surface area (Å²) in [5, 5.41) is 2.91. The maximum atomic E-state index is 12.6. The Kier molecular flexibility index (Phi) is 7.11. The molecule has 1 aliphatic rings. The van der Waals surface area contributed by atoms with Crippen LogP contribution >= 0.6 is 0 Å². The van der Waals surface area contributed by atoms with Gasteiger partial charge in [-0.25, -0.2) is 8.42 Å². The Morgan fingerprint density at radius 2 is 1.61 bits per heavy atom. The lowest BCUT2D eigenvalue weighted by Crippen LogP contribution is -2.51. The quantitative estimate of drug-likeness (QED) is 0.765. The van der Waals surface area contributed by atoms with Gasteiger partial charge in [-0.05, 0) is 37.1 Å². The number of piperazine rings is 1. The summed E-state index contributed by atoms with van der Waals surface area (Å²) in [7, 11) is -3.87. The van der Waals surface area contributed by atoms with Crippen LogP contribution in [0.15, 0.2) is 29.2 Å². The molecule has 158 valence electrons. The van der Waals surface area contributed by atoms with E-state index in [1.54, 1.807) is 0 Å². The molecule has 1 N–H and O–H groups in total. The number of nitrogens with zero attached hydrogens (tertiary/aromatic N) is 2. The molecule has 0 aromatic heterocycles. The molecule has 1 aromatic rings. The molecule has 1 saturated heterocycles. The Hall–Kier alpha value is -1.65. The third kappa shape index (κ3) is 5.68. The van der Waals surface area contributed by atoms with Crippen molar-refractivity contribution in [2.75, 3.05) is 32.7 Å². The van der Waals surface area contributed by atoms with Gasteiger partial charge < -0.3 is 5.32 Å². The number of hydrogen-bond acceptors (Lipinski definition) is 4. The maximum Gasteiger partial charge on any atom is 0.416 e. The number of hydrogen-bond donors (Lipinski definition) is 1. The summed E-state index contributed by atoms with van der Waals surface area (Å²) < 4.78 is 64.5. The first kappa shape index (κ1) is 22.6. The van der Waals surface area contributed by atoms with E-state index in [0.717, 1.165) is 24.3 Å². The Morgan fingerprint density at radius 3 is 2.07 bits per heavy atom. The van der Waals surface area contributed by atoms with Crippen LogP contribution in [0.1, 0.15) is 26.3 Å². The van der Waals surface area contributed by atoms with Gasteiger partial charge in [-0.15, -0.1) is 0 Å². The standard InChI is InChI=1S/C18H26F3N3O3S/c1-13(2)14(3)22-17(25)12-23-8-10-24(11-9-23)28(26,27)16-6-4-15(5-7-16)18(19,20)21/h4-7,13-14H,8-12H2,1-3H3,(H,22,25)/t14-/m1/s1. The highest BCUT2D eigenvalue weighted by atomic mass is 32.2. The highest BCUT2D eigenvalue weighted by molar-refractivity contribution is 7.89. The van der Waals surface area contributed by atoms with Crippen LogP contribution in [-0.2, 0) is 21.0 Å². The van der Waals surface area contributed by atoms with Gasteiger partial charge in [0.2, 0.25) is 15.9 Å². The lowest BCUT2D eigenvalue weighted by molar-refractivity contribution is -0.137. The molecular weight excluding hydrogens is 395 g/mol. The zero-order valence-electron chi connectivity index (χ0n) is 16.2. The van der Waals surface area contributed by atoms with Crippen LogP contribution < -0.4 is 5.32 Å². The van der Waals surface area contributed by atoms with Gasteiger partial charge in [-0.1, -0.05) is 13.8 Å². The molecule has 1 fully saturated rings. The van der Waals surface area contributed by atoms with Crippen LogP contribution in [0.4, 0.5) is 13.2 Å². The minimum Gasteiger partial charge on any atom is -0.352 e. The second-order valence-electron chi connectivity index (χ2n) is 7.30. The van der Waals surface area contributed by atoms with Crippen molar-refractivity contribution in [2.24, 2.45) is 5.92 Å². The van der Waals surface area contributed by atoms with Gasteiger partial charge in [0, 0.05) is 32.2 Å². The number of sulfonamides is 1. The molecule has 1 atom stereocenters. The topological polar surface area (TPSA) is 69.7 Å². The average molecular weight is 421 g/mol. The summed E-state index contributed by atoms with van der Waals surface area (Å²) in [5.41, 5.74) is -0.891. The zero-order chi connectivity index (χ0) is 21.1. The molecule has 6 nitrogen and oxygen atoms in total. The molecule has 0 unspecified atom stereocenters. The molecule has 1 amide bonds. The Morgan fingerprint density at radius 1 is 1.07 bits per heavy atom. The predicted octanol–water partition coefficient (Wildman–Crippen LogP) is 2.17. The van der Waals surface area contributed by atoms with Crippen LogP contribution in [0.25, 0.3) is 0 Å². The minimum atomic E-state index is -4.51. The van der Waals surface area contributed by atoms with Gasteiger partial charge in [0.1, 0.15) is 0 Å². The fourth-order valence-electron chi connectivity index (χ4n) is 2.76. The zero-order valence-corrected chi connectivity index (χ0v) is 17.0. The average Bonchev–Trinajstić information content (AvgIpc) is 2.61. The molecule has 0 saturated carbocycles. The molecule has 1 aliphatic heterocycles. The highest BCUT2D eigenvalue weighted by Gasteiger charge is 2.32. The molecule has 0 radical (unpaired) electrons. The van der Waals surface area contributed by atoms with Crippen LogP contribution in [0.2, 0.25) is 0 Å². The van der Waals surface area contributed by atoms with Crippen molar-refractivity contribution in [3.05, 3.63) is 29.8 Å². The van der Waals surface area contributed by atoms with Crippen molar-refractivity contribution < 1.29 is 26.4 Å². The lowest BCUT2D eigenvalue weighted by Gasteiger charge is -2.33. The van der Waals surface area contributed by atoms with E-state index in [-0.39, 0.29) is 36.5 Å². The molecular formula is C18H26F3N3O3S. The summed E-state index contributed by atoms with van der Waals surface area (Å²) >= 11 is 0. The molecule has 1 heterocycles. The smallest absolute Gasteiger partial charge is 0.352 e. The number of rotatable bonds is 6. The molecule has 0 aliphatic carbocycles. The molecule has 0 spiro atoms. The van der Waals surface area contributed by atoms with Crippen molar-refractivity contribution in [2.45, 2.75) is 37.9 Å². The van der Waals surface area contributed by atoms with Crippen LogP contribution in [0.5, 0.6) is 0 Å².